The highest BCUT2D eigenvalue weighted by molar-refractivity contribution is 4.78. The van der Waals surface area contributed by atoms with Crippen LogP contribution in [0.2, 0.25) is 0 Å². The second kappa shape index (κ2) is 6.12. The fourth-order valence-electron chi connectivity index (χ4n) is 2.17. The maximum absolute atomic E-state index is 5.60. The minimum absolute atomic E-state index is 0.494. The van der Waals surface area contributed by atoms with E-state index in [9.17, 15) is 0 Å². The molecule has 2 rings (SSSR count). The van der Waals surface area contributed by atoms with Crippen LogP contribution in [-0.4, -0.2) is 41.4 Å². The molecule has 96 valence electrons. The van der Waals surface area contributed by atoms with Crippen LogP contribution in [0.15, 0.2) is 4.42 Å². The summed E-state index contributed by atoms with van der Waals surface area (Å²) < 4.78 is 10.9. The number of rotatable bonds is 6. The molecule has 5 nitrogen and oxygen atoms in total. The first-order valence-electron chi connectivity index (χ1n) is 6.33. The van der Waals surface area contributed by atoms with Gasteiger partial charge >= 0.3 is 0 Å². The van der Waals surface area contributed by atoms with Crippen LogP contribution in [0.25, 0.3) is 0 Å². The highest BCUT2D eigenvalue weighted by Crippen LogP contribution is 2.16. The zero-order chi connectivity index (χ0) is 12.1. The molecule has 1 aromatic rings. The molecule has 5 heteroatoms. The van der Waals surface area contributed by atoms with Gasteiger partial charge in [0.05, 0.1) is 12.6 Å². The molecule has 1 saturated heterocycles. The Labute approximate surface area is 102 Å². The van der Waals surface area contributed by atoms with E-state index in [1.165, 1.54) is 12.8 Å². The molecule has 1 aliphatic rings. The van der Waals surface area contributed by atoms with Gasteiger partial charge in [-0.3, -0.25) is 4.90 Å². The van der Waals surface area contributed by atoms with E-state index in [4.69, 9.17) is 9.15 Å². The van der Waals surface area contributed by atoms with Crippen molar-refractivity contribution < 1.29 is 9.15 Å². The maximum atomic E-state index is 5.60. The van der Waals surface area contributed by atoms with Crippen molar-refractivity contribution in [1.82, 2.24) is 15.1 Å². The van der Waals surface area contributed by atoms with Gasteiger partial charge in [-0.25, -0.2) is 0 Å². The molecule has 0 bridgehead atoms. The van der Waals surface area contributed by atoms with E-state index < -0.39 is 0 Å². The van der Waals surface area contributed by atoms with Crippen LogP contribution in [0.3, 0.4) is 0 Å². The van der Waals surface area contributed by atoms with E-state index in [0.29, 0.717) is 17.9 Å². The summed E-state index contributed by atoms with van der Waals surface area (Å²) in [7, 11) is 2.08. The first-order valence-corrected chi connectivity index (χ1v) is 6.33. The zero-order valence-electron chi connectivity index (χ0n) is 10.7. The molecule has 0 aromatic carbocycles. The number of hydrogen-bond donors (Lipinski definition) is 0. The third-order valence-corrected chi connectivity index (χ3v) is 3.06. The van der Waals surface area contributed by atoms with Crippen molar-refractivity contribution in [2.24, 2.45) is 0 Å². The van der Waals surface area contributed by atoms with Gasteiger partial charge in [0.2, 0.25) is 11.8 Å². The smallest absolute Gasteiger partial charge is 0.230 e. The Morgan fingerprint density at radius 3 is 2.94 bits per heavy atom. The van der Waals surface area contributed by atoms with Gasteiger partial charge < -0.3 is 9.15 Å². The van der Waals surface area contributed by atoms with Gasteiger partial charge in [0.25, 0.3) is 0 Å². The van der Waals surface area contributed by atoms with Gasteiger partial charge in [-0.1, -0.05) is 0 Å². The van der Waals surface area contributed by atoms with Crippen LogP contribution >= 0.6 is 0 Å². The van der Waals surface area contributed by atoms with Gasteiger partial charge in [-0.15, -0.1) is 10.2 Å². The number of aryl methyl sites for hydroxylation is 1. The van der Waals surface area contributed by atoms with Crippen LogP contribution in [0.4, 0.5) is 0 Å². The van der Waals surface area contributed by atoms with Crippen LogP contribution in [0.5, 0.6) is 0 Å². The fourth-order valence-corrected chi connectivity index (χ4v) is 2.17. The lowest BCUT2D eigenvalue weighted by Gasteiger charge is -2.15. The summed E-state index contributed by atoms with van der Waals surface area (Å²) in [5, 5.41) is 7.81. The van der Waals surface area contributed by atoms with Crippen molar-refractivity contribution in [2.75, 3.05) is 20.2 Å². The number of hydrogen-bond acceptors (Lipinski definition) is 5. The summed E-state index contributed by atoms with van der Waals surface area (Å²) in [5.41, 5.74) is 0. The van der Waals surface area contributed by atoms with E-state index in [-0.39, 0.29) is 0 Å². The van der Waals surface area contributed by atoms with Gasteiger partial charge in [0.15, 0.2) is 0 Å². The van der Waals surface area contributed by atoms with Crippen molar-refractivity contribution in [2.45, 2.75) is 45.3 Å². The van der Waals surface area contributed by atoms with E-state index in [1.54, 1.807) is 0 Å². The first-order chi connectivity index (χ1) is 8.24. The predicted molar refractivity (Wildman–Crippen MR) is 63.6 cm³/mol. The van der Waals surface area contributed by atoms with Gasteiger partial charge in [0, 0.05) is 13.5 Å². The molecule has 0 saturated carbocycles. The minimum Gasteiger partial charge on any atom is -0.424 e. The summed E-state index contributed by atoms with van der Waals surface area (Å²) in [6.45, 7) is 4.53. The van der Waals surface area contributed by atoms with E-state index in [0.717, 1.165) is 32.5 Å². The molecule has 1 aliphatic heterocycles. The third-order valence-electron chi connectivity index (χ3n) is 3.06. The summed E-state index contributed by atoms with van der Waals surface area (Å²) >= 11 is 0. The molecular formula is C12H21N3O2. The Morgan fingerprint density at radius 1 is 1.41 bits per heavy atom. The lowest BCUT2D eigenvalue weighted by molar-refractivity contribution is 0.0992. The Bertz CT molecular complexity index is 334. The number of aromatic nitrogens is 2. The molecule has 0 amide bonds. The van der Waals surface area contributed by atoms with Crippen LogP contribution in [0, 0.1) is 6.92 Å². The Morgan fingerprint density at radius 2 is 2.29 bits per heavy atom. The number of nitrogens with zero attached hydrogens (tertiary/aromatic N) is 3. The largest absolute Gasteiger partial charge is 0.424 e. The lowest BCUT2D eigenvalue weighted by Crippen LogP contribution is -2.20. The second-order valence-electron chi connectivity index (χ2n) is 4.73. The molecule has 1 atom stereocenters. The Hall–Kier alpha value is -0.940. The molecular weight excluding hydrogens is 218 g/mol. The van der Waals surface area contributed by atoms with Gasteiger partial charge in [-0.2, -0.15) is 0 Å². The van der Waals surface area contributed by atoms with Crippen molar-refractivity contribution >= 4 is 0 Å². The highest BCUT2D eigenvalue weighted by Gasteiger charge is 2.15. The topological polar surface area (TPSA) is 51.4 Å². The van der Waals surface area contributed by atoms with Crippen LogP contribution in [0.1, 0.15) is 37.5 Å². The van der Waals surface area contributed by atoms with E-state index in [1.807, 2.05) is 6.92 Å². The molecule has 0 N–H and O–H groups in total. The average molecular weight is 239 g/mol. The fraction of sp³-hybridized carbons (Fsp3) is 0.833. The SMILES string of the molecule is Cc1nnc(CN(C)CCC[C@H]2CCCO2)o1. The highest BCUT2D eigenvalue weighted by atomic mass is 16.5. The standard InChI is InChI=1S/C12H21N3O2/c1-10-13-14-12(17-10)9-15(2)7-3-5-11-6-4-8-16-11/h11H,3-9H2,1-2H3/t11-/m0/s1. The predicted octanol–water partition coefficient (Wildman–Crippen LogP) is 1.77. The summed E-state index contributed by atoms with van der Waals surface area (Å²) in [4.78, 5) is 2.21. The van der Waals surface area contributed by atoms with Gasteiger partial charge in [-0.05, 0) is 39.3 Å². The number of ether oxygens (including phenoxy) is 1. The molecule has 1 fully saturated rings. The van der Waals surface area contributed by atoms with Gasteiger partial charge in [0.1, 0.15) is 0 Å². The second-order valence-corrected chi connectivity index (χ2v) is 4.73. The first kappa shape index (κ1) is 12.5. The molecule has 0 spiro atoms. The zero-order valence-corrected chi connectivity index (χ0v) is 10.7. The quantitative estimate of drug-likeness (QED) is 0.757. The lowest BCUT2D eigenvalue weighted by atomic mass is 10.1. The minimum atomic E-state index is 0.494. The molecule has 1 aromatic heterocycles. The van der Waals surface area contributed by atoms with Crippen molar-refractivity contribution in [3.8, 4) is 0 Å². The average Bonchev–Trinajstić information content (AvgIpc) is 2.90. The summed E-state index contributed by atoms with van der Waals surface area (Å²) in [6.07, 6.45) is 5.27. The Balaban J connectivity index is 1.61. The van der Waals surface area contributed by atoms with Crippen LogP contribution < -0.4 is 0 Å². The third kappa shape index (κ3) is 4.09. The molecule has 0 unspecified atom stereocenters. The molecule has 17 heavy (non-hydrogen) atoms. The maximum Gasteiger partial charge on any atom is 0.230 e. The van der Waals surface area contributed by atoms with Crippen molar-refractivity contribution in [1.29, 1.82) is 0 Å². The van der Waals surface area contributed by atoms with Crippen molar-refractivity contribution in [3.63, 3.8) is 0 Å². The molecule has 0 aliphatic carbocycles. The molecule has 2 heterocycles. The van der Waals surface area contributed by atoms with E-state index >= 15 is 0 Å². The van der Waals surface area contributed by atoms with Crippen LogP contribution in [-0.2, 0) is 11.3 Å². The summed E-state index contributed by atoms with van der Waals surface area (Å²) in [5.74, 6) is 1.33. The Kier molecular flexibility index (Phi) is 4.50. The summed E-state index contributed by atoms with van der Waals surface area (Å²) in [6, 6.07) is 0. The monoisotopic (exact) mass is 239 g/mol. The molecule has 0 radical (unpaired) electrons. The van der Waals surface area contributed by atoms with Crippen molar-refractivity contribution in [3.05, 3.63) is 11.8 Å². The normalized spacial score (nSPS) is 20.3. The van der Waals surface area contributed by atoms with E-state index in [2.05, 4.69) is 22.1 Å².